The van der Waals surface area contributed by atoms with E-state index in [4.69, 9.17) is 9.73 Å². The maximum atomic E-state index is 13.3. The number of hydrogen-bond donors (Lipinski definition) is 0. The molecule has 3 aromatic rings. The van der Waals surface area contributed by atoms with Gasteiger partial charge < -0.3 is 9.64 Å². The van der Waals surface area contributed by atoms with Crippen LogP contribution in [0.5, 0.6) is 5.75 Å². The third kappa shape index (κ3) is 3.92. The number of rotatable bonds is 4. The number of para-hydroxylation sites is 2. The quantitative estimate of drug-likeness (QED) is 0.607. The number of carbonyl (C=O) groups excluding carboxylic acids is 1. The Hall–Kier alpha value is -3.40. The van der Waals surface area contributed by atoms with Gasteiger partial charge in [0.1, 0.15) is 5.75 Å². The molecule has 0 fully saturated rings. The standard InChI is InChI=1S/C25H24N2O2/c1-17-8-9-18(2)20(14-17)16-27-24-7-5-4-6-22(24)26-23(15-25(27)28)19-10-12-21(29-3)13-11-19/h4-14H,15-16H2,1-3H3. The van der Waals surface area contributed by atoms with Crippen molar-refractivity contribution < 1.29 is 9.53 Å². The van der Waals surface area contributed by atoms with E-state index in [-0.39, 0.29) is 12.3 Å². The second-order valence-corrected chi connectivity index (χ2v) is 7.36. The van der Waals surface area contributed by atoms with Crippen LogP contribution >= 0.6 is 0 Å². The Labute approximate surface area is 171 Å². The molecule has 1 aliphatic heterocycles. The SMILES string of the molecule is COc1ccc(C2=Nc3ccccc3N(Cc3cc(C)ccc3C)C(=O)C2)cc1. The molecular weight excluding hydrogens is 360 g/mol. The summed E-state index contributed by atoms with van der Waals surface area (Å²) in [6.45, 7) is 4.70. The van der Waals surface area contributed by atoms with Crippen molar-refractivity contribution in [2.45, 2.75) is 26.8 Å². The van der Waals surface area contributed by atoms with Gasteiger partial charge in [-0.05, 0) is 66.9 Å². The zero-order valence-electron chi connectivity index (χ0n) is 17.0. The maximum Gasteiger partial charge on any atom is 0.233 e. The molecular formula is C25H24N2O2. The highest BCUT2D eigenvalue weighted by atomic mass is 16.5. The number of amides is 1. The Morgan fingerprint density at radius 3 is 2.52 bits per heavy atom. The Bertz CT molecular complexity index is 1080. The molecule has 4 rings (SSSR count). The first kappa shape index (κ1) is 18.9. The Morgan fingerprint density at radius 2 is 1.76 bits per heavy atom. The summed E-state index contributed by atoms with van der Waals surface area (Å²) in [5.74, 6) is 0.830. The molecule has 0 saturated heterocycles. The van der Waals surface area contributed by atoms with Gasteiger partial charge in [0.05, 0.1) is 37.2 Å². The minimum Gasteiger partial charge on any atom is -0.497 e. The molecule has 0 radical (unpaired) electrons. The van der Waals surface area contributed by atoms with E-state index in [9.17, 15) is 4.79 Å². The lowest BCUT2D eigenvalue weighted by molar-refractivity contribution is -0.117. The number of fused-ring (bicyclic) bond motifs is 1. The maximum absolute atomic E-state index is 13.3. The van der Waals surface area contributed by atoms with E-state index in [1.54, 1.807) is 7.11 Å². The lowest BCUT2D eigenvalue weighted by Gasteiger charge is -2.23. The molecule has 0 saturated carbocycles. The van der Waals surface area contributed by atoms with Crippen molar-refractivity contribution in [1.82, 2.24) is 0 Å². The highest BCUT2D eigenvalue weighted by Gasteiger charge is 2.25. The summed E-state index contributed by atoms with van der Waals surface area (Å²) >= 11 is 0. The molecule has 1 amide bonds. The predicted molar refractivity (Wildman–Crippen MR) is 117 cm³/mol. The molecule has 1 aliphatic rings. The van der Waals surface area contributed by atoms with Crippen molar-refractivity contribution in [1.29, 1.82) is 0 Å². The molecule has 0 bridgehead atoms. The predicted octanol–water partition coefficient (Wildman–Crippen LogP) is 5.37. The monoisotopic (exact) mass is 384 g/mol. The number of hydrogen-bond acceptors (Lipinski definition) is 3. The summed E-state index contributed by atoms with van der Waals surface area (Å²) in [4.78, 5) is 20.0. The molecule has 4 nitrogen and oxygen atoms in total. The van der Waals surface area contributed by atoms with Crippen LogP contribution in [-0.4, -0.2) is 18.7 Å². The van der Waals surface area contributed by atoms with E-state index >= 15 is 0 Å². The molecule has 1 heterocycles. The van der Waals surface area contributed by atoms with Gasteiger partial charge >= 0.3 is 0 Å². The minimum absolute atomic E-state index is 0.0467. The van der Waals surface area contributed by atoms with E-state index in [0.29, 0.717) is 6.54 Å². The summed E-state index contributed by atoms with van der Waals surface area (Å²) in [6, 6.07) is 21.9. The molecule has 0 atom stereocenters. The van der Waals surface area contributed by atoms with Gasteiger partial charge in [0.2, 0.25) is 5.91 Å². The average molecular weight is 384 g/mol. The first-order chi connectivity index (χ1) is 14.0. The number of carbonyl (C=O) groups is 1. The fraction of sp³-hybridized carbons (Fsp3) is 0.200. The summed E-state index contributed by atoms with van der Waals surface area (Å²) in [7, 11) is 1.64. The van der Waals surface area contributed by atoms with Gasteiger partial charge in [-0.2, -0.15) is 0 Å². The van der Waals surface area contributed by atoms with Gasteiger partial charge in [-0.25, -0.2) is 0 Å². The fourth-order valence-electron chi connectivity index (χ4n) is 3.61. The van der Waals surface area contributed by atoms with Crippen molar-refractivity contribution in [3.63, 3.8) is 0 Å². The summed E-state index contributed by atoms with van der Waals surface area (Å²) in [5.41, 5.74) is 6.89. The van der Waals surface area contributed by atoms with Crippen molar-refractivity contribution >= 4 is 23.0 Å². The summed E-state index contributed by atoms with van der Waals surface area (Å²) in [6.07, 6.45) is 0.256. The Kier molecular flexibility index (Phi) is 5.17. The number of aliphatic imine (C=N–C) groups is 1. The third-order valence-corrected chi connectivity index (χ3v) is 5.30. The molecule has 3 aromatic carbocycles. The molecule has 0 N–H and O–H groups in total. The van der Waals surface area contributed by atoms with Gasteiger partial charge in [-0.1, -0.05) is 35.9 Å². The molecule has 4 heteroatoms. The largest absolute Gasteiger partial charge is 0.497 e. The van der Waals surface area contributed by atoms with E-state index in [1.165, 1.54) is 11.1 Å². The molecule has 146 valence electrons. The van der Waals surface area contributed by atoms with Crippen molar-refractivity contribution in [3.8, 4) is 5.75 Å². The number of ether oxygens (including phenoxy) is 1. The van der Waals surface area contributed by atoms with Crippen LogP contribution < -0.4 is 9.64 Å². The van der Waals surface area contributed by atoms with Gasteiger partial charge in [0.25, 0.3) is 0 Å². The number of benzene rings is 3. The van der Waals surface area contributed by atoms with Crippen LogP contribution in [0.15, 0.2) is 71.7 Å². The summed E-state index contributed by atoms with van der Waals surface area (Å²) < 4.78 is 5.25. The van der Waals surface area contributed by atoms with E-state index in [0.717, 1.165) is 34.0 Å². The lowest BCUT2D eigenvalue weighted by Crippen LogP contribution is -2.31. The van der Waals surface area contributed by atoms with Gasteiger partial charge in [0, 0.05) is 0 Å². The second kappa shape index (κ2) is 7.92. The van der Waals surface area contributed by atoms with Gasteiger partial charge in [-0.15, -0.1) is 0 Å². The van der Waals surface area contributed by atoms with Gasteiger partial charge in [0.15, 0.2) is 0 Å². The molecule has 0 unspecified atom stereocenters. The summed E-state index contributed by atoms with van der Waals surface area (Å²) in [5, 5.41) is 0. The van der Waals surface area contributed by atoms with Crippen LogP contribution in [0, 0.1) is 13.8 Å². The van der Waals surface area contributed by atoms with Crippen LogP contribution in [0.3, 0.4) is 0 Å². The molecule has 0 spiro atoms. The molecule has 29 heavy (non-hydrogen) atoms. The van der Waals surface area contributed by atoms with E-state index in [2.05, 4.69) is 32.0 Å². The van der Waals surface area contributed by atoms with E-state index < -0.39 is 0 Å². The number of anilines is 1. The van der Waals surface area contributed by atoms with Crippen molar-refractivity contribution in [2.24, 2.45) is 4.99 Å². The number of aryl methyl sites for hydroxylation is 2. The second-order valence-electron chi connectivity index (χ2n) is 7.36. The molecule has 0 aliphatic carbocycles. The van der Waals surface area contributed by atoms with Crippen LogP contribution in [0.25, 0.3) is 0 Å². The lowest BCUT2D eigenvalue weighted by atomic mass is 10.0. The minimum atomic E-state index is 0.0467. The normalized spacial score (nSPS) is 13.6. The highest BCUT2D eigenvalue weighted by molar-refractivity contribution is 6.17. The van der Waals surface area contributed by atoms with Crippen LogP contribution in [0.2, 0.25) is 0 Å². The van der Waals surface area contributed by atoms with Crippen molar-refractivity contribution in [3.05, 3.63) is 89.0 Å². The number of nitrogens with zero attached hydrogens (tertiary/aromatic N) is 2. The first-order valence-corrected chi connectivity index (χ1v) is 9.72. The van der Waals surface area contributed by atoms with Crippen LogP contribution in [0.1, 0.15) is 28.7 Å². The third-order valence-electron chi connectivity index (χ3n) is 5.30. The molecule has 0 aromatic heterocycles. The van der Waals surface area contributed by atoms with Crippen LogP contribution in [-0.2, 0) is 11.3 Å². The average Bonchev–Trinajstić information content (AvgIpc) is 2.87. The smallest absolute Gasteiger partial charge is 0.233 e. The van der Waals surface area contributed by atoms with Gasteiger partial charge in [-0.3, -0.25) is 9.79 Å². The Morgan fingerprint density at radius 1 is 1.00 bits per heavy atom. The van der Waals surface area contributed by atoms with Crippen LogP contribution in [0.4, 0.5) is 11.4 Å². The topological polar surface area (TPSA) is 41.9 Å². The Balaban J connectivity index is 1.73. The zero-order chi connectivity index (χ0) is 20.4. The zero-order valence-corrected chi connectivity index (χ0v) is 17.0. The van der Waals surface area contributed by atoms with E-state index in [1.807, 2.05) is 53.4 Å². The highest BCUT2D eigenvalue weighted by Crippen LogP contribution is 2.34. The first-order valence-electron chi connectivity index (χ1n) is 9.72. The fourth-order valence-corrected chi connectivity index (χ4v) is 3.61. The number of methoxy groups -OCH3 is 1. The van der Waals surface area contributed by atoms with Crippen molar-refractivity contribution in [2.75, 3.05) is 12.0 Å².